The Hall–Kier alpha value is -1.32. The van der Waals surface area contributed by atoms with E-state index in [1.54, 1.807) is 7.11 Å². The van der Waals surface area contributed by atoms with Crippen molar-refractivity contribution in [3.05, 3.63) is 63.6 Å². The van der Waals surface area contributed by atoms with E-state index in [1.807, 2.05) is 6.07 Å². The van der Waals surface area contributed by atoms with Gasteiger partial charge < -0.3 is 10.1 Å². The van der Waals surface area contributed by atoms with E-state index in [9.17, 15) is 0 Å². The molecule has 0 unspecified atom stereocenters. The first-order chi connectivity index (χ1) is 9.19. The minimum atomic E-state index is 0.643. The lowest BCUT2D eigenvalue weighted by Gasteiger charge is -2.10. The first-order valence-corrected chi connectivity index (χ1v) is 7.05. The van der Waals surface area contributed by atoms with Gasteiger partial charge in [-0.15, -0.1) is 0 Å². The van der Waals surface area contributed by atoms with Gasteiger partial charge in [-0.3, -0.25) is 0 Å². The van der Waals surface area contributed by atoms with Gasteiger partial charge in [0.2, 0.25) is 0 Å². The van der Waals surface area contributed by atoms with Crippen LogP contribution in [0.2, 0.25) is 0 Å². The summed E-state index contributed by atoms with van der Waals surface area (Å²) in [6.45, 7) is 3.54. The SMILES string of the molecule is COCc1cccc(NCc2ccc(C)cc2Br)c1. The zero-order chi connectivity index (χ0) is 13.7. The highest BCUT2D eigenvalue weighted by Gasteiger charge is 2.01. The van der Waals surface area contributed by atoms with Crippen molar-refractivity contribution in [1.82, 2.24) is 0 Å². The van der Waals surface area contributed by atoms with E-state index in [1.165, 1.54) is 16.7 Å². The predicted octanol–water partition coefficient (Wildman–Crippen LogP) is 4.52. The molecule has 0 bridgehead atoms. The minimum Gasteiger partial charge on any atom is -0.381 e. The van der Waals surface area contributed by atoms with E-state index in [4.69, 9.17) is 4.74 Å². The Kier molecular flexibility index (Phi) is 5.00. The number of methoxy groups -OCH3 is 1. The fourth-order valence-corrected chi connectivity index (χ4v) is 2.56. The molecule has 0 saturated heterocycles. The molecule has 0 saturated carbocycles. The van der Waals surface area contributed by atoms with Gasteiger partial charge in [-0.1, -0.05) is 40.2 Å². The third kappa shape index (κ3) is 4.08. The Morgan fingerprint density at radius 2 is 2.00 bits per heavy atom. The van der Waals surface area contributed by atoms with Crippen molar-refractivity contribution in [1.29, 1.82) is 0 Å². The second kappa shape index (κ2) is 6.73. The fourth-order valence-electron chi connectivity index (χ4n) is 1.93. The number of halogens is 1. The highest BCUT2D eigenvalue weighted by molar-refractivity contribution is 9.10. The molecule has 0 radical (unpaired) electrons. The van der Waals surface area contributed by atoms with E-state index in [0.29, 0.717) is 6.61 Å². The second-order valence-corrected chi connectivity index (χ2v) is 5.44. The van der Waals surface area contributed by atoms with Crippen LogP contribution in [0.25, 0.3) is 0 Å². The van der Waals surface area contributed by atoms with Crippen molar-refractivity contribution in [2.75, 3.05) is 12.4 Å². The first kappa shape index (κ1) is 14.1. The third-order valence-electron chi connectivity index (χ3n) is 2.93. The number of nitrogens with one attached hydrogen (secondary N) is 1. The summed E-state index contributed by atoms with van der Waals surface area (Å²) >= 11 is 3.60. The van der Waals surface area contributed by atoms with Crippen LogP contribution in [0, 0.1) is 6.92 Å². The molecule has 0 aliphatic heterocycles. The molecule has 0 aliphatic carbocycles. The summed E-state index contributed by atoms with van der Waals surface area (Å²) < 4.78 is 6.29. The summed E-state index contributed by atoms with van der Waals surface area (Å²) in [5.74, 6) is 0. The van der Waals surface area contributed by atoms with Gasteiger partial charge in [-0.2, -0.15) is 0 Å². The molecule has 0 amide bonds. The Morgan fingerprint density at radius 1 is 1.16 bits per heavy atom. The van der Waals surface area contributed by atoms with Crippen molar-refractivity contribution in [3.8, 4) is 0 Å². The minimum absolute atomic E-state index is 0.643. The molecule has 2 rings (SSSR count). The maximum atomic E-state index is 5.14. The molecule has 3 heteroatoms. The van der Waals surface area contributed by atoms with Crippen LogP contribution in [0.5, 0.6) is 0 Å². The predicted molar refractivity (Wildman–Crippen MR) is 83.4 cm³/mol. The van der Waals surface area contributed by atoms with Crippen LogP contribution in [0.3, 0.4) is 0 Å². The first-order valence-electron chi connectivity index (χ1n) is 6.26. The Morgan fingerprint density at radius 3 is 2.74 bits per heavy atom. The Labute approximate surface area is 122 Å². The zero-order valence-corrected chi connectivity index (χ0v) is 12.8. The number of benzene rings is 2. The molecule has 1 N–H and O–H groups in total. The molecule has 0 aliphatic rings. The smallest absolute Gasteiger partial charge is 0.0713 e. The van der Waals surface area contributed by atoms with Crippen molar-refractivity contribution in [2.24, 2.45) is 0 Å². The molecular weight excluding hydrogens is 302 g/mol. The molecule has 100 valence electrons. The van der Waals surface area contributed by atoms with E-state index in [2.05, 4.69) is 64.6 Å². The average Bonchev–Trinajstić information content (AvgIpc) is 2.38. The summed E-state index contributed by atoms with van der Waals surface area (Å²) in [6, 6.07) is 14.7. The van der Waals surface area contributed by atoms with Crippen LogP contribution in [0.4, 0.5) is 5.69 Å². The lowest BCUT2D eigenvalue weighted by Crippen LogP contribution is -2.01. The molecule has 2 aromatic rings. The van der Waals surface area contributed by atoms with Crippen molar-refractivity contribution in [3.63, 3.8) is 0 Å². The number of aryl methyl sites for hydroxylation is 1. The highest BCUT2D eigenvalue weighted by atomic mass is 79.9. The summed E-state index contributed by atoms with van der Waals surface area (Å²) in [5, 5.41) is 3.43. The number of hydrogen-bond acceptors (Lipinski definition) is 2. The summed E-state index contributed by atoms with van der Waals surface area (Å²) in [4.78, 5) is 0. The Bertz CT molecular complexity index is 554. The average molecular weight is 320 g/mol. The van der Waals surface area contributed by atoms with E-state index < -0.39 is 0 Å². The normalized spacial score (nSPS) is 10.5. The lowest BCUT2D eigenvalue weighted by atomic mass is 10.1. The number of hydrogen-bond donors (Lipinski definition) is 1. The topological polar surface area (TPSA) is 21.3 Å². The monoisotopic (exact) mass is 319 g/mol. The van der Waals surface area contributed by atoms with Crippen LogP contribution in [-0.2, 0) is 17.9 Å². The van der Waals surface area contributed by atoms with Gasteiger partial charge in [0.25, 0.3) is 0 Å². The molecular formula is C16H18BrNO. The van der Waals surface area contributed by atoms with Gasteiger partial charge >= 0.3 is 0 Å². The number of anilines is 1. The van der Waals surface area contributed by atoms with E-state index in [-0.39, 0.29) is 0 Å². The van der Waals surface area contributed by atoms with Gasteiger partial charge in [0, 0.05) is 23.8 Å². The Balaban J connectivity index is 2.03. The zero-order valence-electron chi connectivity index (χ0n) is 11.2. The lowest BCUT2D eigenvalue weighted by molar-refractivity contribution is 0.185. The van der Waals surface area contributed by atoms with Gasteiger partial charge in [-0.05, 0) is 41.8 Å². The van der Waals surface area contributed by atoms with Crippen molar-refractivity contribution < 1.29 is 4.74 Å². The molecule has 2 aromatic carbocycles. The molecule has 19 heavy (non-hydrogen) atoms. The molecule has 0 spiro atoms. The van der Waals surface area contributed by atoms with E-state index in [0.717, 1.165) is 16.7 Å². The summed E-state index contributed by atoms with van der Waals surface area (Å²) in [7, 11) is 1.71. The fraction of sp³-hybridized carbons (Fsp3) is 0.250. The summed E-state index contributed by atoms with van der Waals surface area (Å²) in [6.07, 6.45) is 0. The molecule has 0 atom stereocenters. The standard InChI is InChI=1S/C16H18BrNO/c1-12-6-7-14(16(17)8-12)10-18-15-5-3-4-13(9-15)11-19-2/h3-9,18H,10-11H2,1-2H3. The van der Waals surface area contributed by atoms with Gasteiger partial charge in [0.05, 0.1) is 6.61 Å². The molecule has 0 aromatic heterocycles. The maximum absolute atomic E-state index is 5.14. The maximum Gasteiger partial charge on any atom is 0.0713 e. The van der Waals surface area contributed by atoms with Gasteiger partial charge in [-0.25, -0.2) is 0 Å². The van der Waals surface area contributed by atoms with Crippen LogP contribution < -0.4 is 5.32 Å². The number of rotatable bonds is 5. The van der Waals surface area contributed by atoms with Crippen LogP contribution in [-0.4, -0.2) is 7.11 Å². The number of ether oxygens (including phenoxy) is 1. The quantitative estimate of drug-likeness (QED) is 0.875. The van der Waals surface area contributed by atoms with Crippen molar-refractivity contribution >= 4 is 21.6 Å². The molecule has 0 fully saturated rings. The van der Waals surface area contributed by atoms with E-state index >= 15 is 0 Å². The third-order valence-corrected chi connectivity index (χ3v) is 3.67. The van der Waals surface area contributed by atoms with Gasteiger partial charge in [0.1, 0.15) is 0 Å². The highest BCUT2D eigenvalue weighted by Crippen LogP contribution is 2.20. The van der Waals surface area contributed by atoms with Crippen LogP contribution in [0.15, 0.2) is 46.9 Å². The van der Waals surface area contributed by atoms with Crippen LogP contribution in [0.1, 0.15) is 16.7 Å². The molecule has 2 nitrogen and oxygen atoms in total. The largest absolute Gasteiger partial charge is 0.381 e. The molecule has 0 heterocycles. The van der Waals surface area contributed by atoms with Gasteiger partial charge in [0.15, 0.2) is 0 Å². The summed E-state index contributed by atoms with van der Waals surface area (Å²) in [5.41, 5.74) is 4.80. The van der Waals surface area contributed by atoms with Crippen LogP contribution >= 0.6 is 15.9 Å². The van der Waals surface area contributed by atoms with Crippen molar-refractivity contribution in [2.45, 2.75) is 20.1 Å². The second-order valence-electron chi connectivity index (χ2n) is 4.58.